The highest BCUT2D eigenvalue weighted by Gasteiger charge is 2.30. The van der Waals surface area contributed by atoms with Gasteiger partial charge in [0.2, 0.25) is 10.0 Å². The van der Waals surface area contributed by atoms with Gasteiger partial charge in [0.25, 0.3) is 5.92 Å². The molecule has 0 aliphatic heterocycles. The molecule has 0 fully saturated rings. The van der Waals surface area contributed by atoms with Crippen molar-refractivity contribution in [1.29, 1.82) is 0 Å². The molecule has 18 heavy (non-hydrogen) atoms. The van der Waals surface area contributed by atoms with E-state index in [0.717, 1.165) is 5.56 Å². The van der Waals surface area contributed by atoms with E-state index < -0.39 is 29.0 Å². The second-order valence-electron chi connectivity index (χ2n) is 3.82. The van der Waals surface area contributed by atoms with Gasteiger partial charge in [-0.15, -0.1) is 0 Å². The third-order valence-electron chi connectivity index (χ3n) is 2.20. The molecular weight excluding hydrogens is 286 g/mol. The Labute approximate surface area is 109 Å². The van der Waals surface area contributed by atoms with Crippen LogP contribution < -0.4 is 10.5 Å². The van der Waals surface area contributed by atoms with Gasteiger partial charge in [-0.1, -0.05) is 17.7 Å². The average molecular weight is 299 g/mol. The minimum absolute atomic E-state index is 0.0152. The van der Waals surface area contributed by atoms with Crippen LogP contribution in [0.5, 0.6) is 0 Å². The summed E-state index contributed by atoms with van der Waals surface area (Å²) in [5, 5.41) is -0.0152. The second-order valence-corrected chi connectivity index (χ2v) is 5.96. The Hall–Kier alpha value is -0.760. The Morgan fingerprint density at radius 3 is 2.56 bits per heavy atom. The first-order valence-electron chi connectivity index (χ1n) is 5.02. The van der Waals surface area contributed by atoms with Crippen LogP contribution in [0.3, 0.4) is 0 Å². The molecule has 3 N–H and O–H groups in total. The summed E-state index contributed by atoms with van der Waals surface area (Å²) < 4.78 is 51.1. The number of aryl methyl sites for hydroxylation is 1. The maximum Gasteiger partial charge on any atom is 0.273 e. The van der Waals surface area contributed by atoms with Gasteiger partial charge in [0, 0.05) is 0 Å². The smallest absolute Gasteiger partial charge is 0.273 e. The van der Waals surface area contributed by atoms with Gasteiger partial charge in [-0.05, 0) is 24.6 Å². The van der Waals surface area contributed by atoms with Crippen molar-refractivity contribution in [3.8, 4) is 0 Å². The van der Waals surface area contributed by atoms with Crippen molar-refractivity contribution in [1.82, 2.24) is 4.72 Å². The first-order chi connectivity index (χ1) is 8.18. The Morgan fingerprint density at radius 2 is 2.06 bits per heavy atom. The zero-order valence-electron chi connectivity index (χ0n) is 9.58. The molecule has 0 saturated heterocycles. The van der Waals surface area contributed by atoms with Crippen molar-refractivity contribution in [2.75, 3.05) is 13.1 Å². The number of nitrogens with two attached hydrogens (primary N) is 1. The van der Waals surface area contributed by atoms with Gasteiger partial charge >= 0.3 is 0 Å². The summed E-state index contributed by atoms with van der Waals surface area (Å²) in [7, 11) is -4.07. The summed E-state index contributed by atoms with van der Waals surface area (Å²) in [5.74, 6) is -3.29. The molecule has 4 nitrogen and oxygen atoms in total. The van der Waals surface area contributed by atoms with Gasteiger partial charge in [-0.2, -0.15) is 0 Å². The highest BCUT2D eigenvalue weighted by atomic mass is 35.5. The molecule has 0 aliphatic carbocycles. The van der Waals surface area contributed by atoms with Gasteiger partial charge < -0.3 is 5.73 Å². The lowest BCUT2D eigenvalue weighted by atomic mass is 10.2. The van der Waals surface area contributed by atoms with E-state index >= 15 is 0 Å². The molecule has 1 aromatic rings. The predicted octanol–water partition coefficient (Wildman–Crippen LogP) is 1.52. The predicted molar refractivity (Wildman–Crippen MR) is 65.4 cm³/mol. The lowest BCUT2D eigenvalue weighted by molar-refractivity contribution is 0.0170. The summed E-state index contributed by atoms with van der Waals surface area (Å²) in [5.41, 5.74) is 5.58. The van der Waals surface area contributed by atoms with E-state index in [9.17, 15) is 17.2 Å². The molecule has 1 rings (SSSR count). The molecular formula is C10H13ClF2N2O2S. The van der Waals surface area contributed by atoms with Crippen molar-refractivity contribution in [2.24, 2.45) is 5.73 Å². The number of nitrogens with one attached hydrogen (secondary N) is 1. The van der Waals surface area contributed by atoms with E-state index in [2.05, 4.69) is 0 Å². The summed E-state index contributed by atoms with van der Waals surface area (Å²) in [6.45, 7) is -0.258. The van der Waals surface area contributed by atoms with Crippen LogP contribution in [-0.2, 0) is 10.0 Å². The standard InChI is InChI=1S/C10H13ClF2N2O2S/c1-7-2-3-9(8(11)4-7)18(16,17)15-6-10(12,13)5-14/h2-4,15H,5-6,14H2,1H3. The summed E-state index contributed by atoms with van der Waals surface area (Å²) in [6.07, 6.45) is 0. The maximum atomic E-state index is 12.9. The number of halogens is 3. The third-order valence-corrected chi connectivity index (χ3v) is 4.08. The fraction of sp³-hybridized carbons (Fsp3) is 0.400. The first kappa shape index (κ1) is 15.3. The van der Waals surface area contributed by atoms with E-state index in [4.69, 9.17) is 17.3 Å². The molecule has 0 bridgehead atoms. The van der Waals surface area contributed by atoms with E-state index in [1.54, 1.807) is 11.6 Å². The fourth-order valence-corrected chi connectivity index (χ4v) is 2.83. The van der Waals surface area contributed by atoms with E-state index in [1.807, 2.05) is 0 Å². The van der Waals surface area contributed by atoms with Gasteiger partial charge in [0.05, 0.1) is 18.1 Å². The third kappa shape index (κ3) is 3.88. The molecule has 0 radical (unpaired) electrons. The number of hydrogen-bond acceptors (Lipinski definition) is 3. The number of sulfonamides is 1. The molecule has 1 aromatic carbocycles. The summed E-state index contributed by atoms with van der Waals surface area (Å²) in [6, 6.07) is 4.24. The van der Waals surface area contributed by atoms with Gasteiger partial charge in [-0.25, -0.2) is 21.9 Å². The van der Waals surface area contributed by atoms with Crippen LogP contribution in [0.4, 0.5) is 8.78 Å². The van der Waals surface area contributed by atoms with Crippen LogP contribution in [0.25, 0.3) is 0 Å². The van der Waals surface area contributed by atoms with E-state index in [1.165, 1.54) is 18.2 Å². The normalized spacial score (nSPS) is 12.7. The SMILES string of the molecule is Cc1ccc(S(=O)(=O)NCC(F)(F)CN)c(Cl)c1. The minimum atomic E-state index is -4.07. The molecule has 102 valence electrons. The molecule has 0 spiro atoms. The topological polar surface area (TPSA) is 72.2 Å². The van der Waals surface area contributed by atoms with Crippen LogP contribution in [0, 0.1) is 6.92 Å². The molecule has 0 atom stereocenters. The largest absolute Gasteiger partial charge is 0.325 e. The van der Waals surface area contributed by atoms with Crippen LogP contribution in [-0.4, -0.2) is 27.4 Å². The van der Waals surface area contributed by atoms with Crippen molar-refractivity contribution < 1.29 is 17.2 Å². The minimum Gasteiger partial charge on any atom is -0.325 e. The lowest BCUT2D eigenvalue weighted by Crippen LogP contribution is -2.41. The van der Waals surface area contributed by atoms with Crippen LogP contribution in [0.2, 0.25) is 5.02 Å². The van der Waals surface area contributed by atoms with Crippen LogP contribution in [0.1, 0.15) is 5.56 Å². The average Bonchev–Trinajstić information content (AvgIpc) is 2.26. The Kier molecular flexibility index (Phi) is 4.66. The van der Waals surface area contributed by atoms with Gasteiger partial charge in [0.15, 0.2) is 0 Å². The zero-order valence-corrected chi connectivity index (χ0v) is 11.2. The Balaban J connectivity index is 2.94. The highest BCUT2D eigenvalue weighted by Crippen LogP contribution is 2.22. The van der Waals surface area contributed by atoms with Gasteiger partial charge in [0.1, 0.15) is 4.90 Å². The quantitative estimate of drug-likeness (QED) is 0.866. The van der Waals surface area contributed by atoms with Crippen molar-refractivity contribution in [2.45, 2.75) is 17.7 Å². The van der Waals surface area contributed by atoms with Crippen molar-refractivity contribution in [3.63, 3.8) is 0 Å². The lowest BCUT2D eigenvalue weighted by Gasteiger charge is -2.15. The van der Waals surface area contributed by atoms with Crippen LogP contribution in [0.15, 0.2) is 23.1 Å². The molecule has 0 amide bonds. The molecule has 0 aromatic heterocycles. The van der Waals surface area contributed by atoms with Crippen molar-refractivity contribution >= 4 is 21.6 Å². The molecule has 8 heteroatoms. The monoisotopic (exact) mass is 298 g/mol. The fourth-order valence-electron chi connectivity index (χ4n) is 1.17. The van der Waals surface area contributed by atoms with Crippen LogP contribution >= 0.6 is 11.6 Å². The van der Waals surface area contributed by atoms with Gasteiger partial charge in [-0.3, -0.25) is 0 Å². The highest BCUT2D eigenvalue weighted by molar-refractivity contribution is 7.89. The molecule has 0 heterocycles. The summed E-state index contributed by atoms with van der Waals surface area (Å²) >= 11 is 5.77. The second kappa shape index (κ2) is 5.48. The number of alkyl halides is 2. The van der Waals surface area contributed by atoms with E-state index in [-0.39, 0.29) is 9.92 Å². The number of benzene rings is 1. The molecule has 0 unspecified atom stereocenters. The first-order valence-corrected chi connectivity index (χ1v) is 6.88. The molecule has 0 saturated carbocycles. The number of rotatable bonds is 5. The maximum absolute atomic E-state index is 12.9. The summed E-state index contributed by atoms with van der Waals surface area (Å²) in [4.78, 5) is -0.234. The Morgan fingerprint density at radius 1 is 1.44 bits per heavy atom. The Bertz CT molecular complexity index is 535. The number of hydrogen-bond donors (Lipinski definition) is 2. The molecule has 0 aliphatic rings. The zero-order chi connectivity index (χ0) is 14.0. The van der Waals surface area contributed by atoms with Crippen molar-refractivity contribution in [3.05, 3.63) is 28.8 Å². The van der Waals surface area contributed by atoms with E-state index in [0.29, 0.717) is 0 Å².